The van der Waals surface area contributed by atoms with Crippen LogP contribution in [0.3, 0.4) is 0 Å². The second-order valence-electron chi connectivity index (χ2n) is 6.32. The number of aromatic nitrogens is 2. The third-order valence-electron chi connectivity index (χ3n) is 4.73. The smallest absolute Gasteiger partial charge is 0.227 e. The van der Waals surface area contributed by atoms with Crippen molar-refractivity contribution in [3.05, 3.63) is 40.7 Å². The van der Waals surface area contributed by atoms with Crippen molar-refractivity contribution in [1.29, 1.82) is 0 Å². The fourth-order valence-corrected chi connectivity index (χ4v) is 3.25. The van der Waals surface area contributed by atoms with E-state index in [1.807, 2.05) is 14.0 Å². The second-order valence-corrected chi connectivity index (χ2v) is 6.73. The van der Waals surface area contributed by atoms with E-state index >= 15 is 0 Å². The predicted octanol–water partition coefficient (Wildman–Crippen LogP) is 2.06. The molecule has 0 aliphatic carbocycles. The molecule has 2 heterocycles. The van der Waals surface area contributed by atoms with Crippen LogP contribution in [0.15, 0.2) is 24.4 Å². The topological polar surface area (TPSA) is 76.5 Å². The van der Waals surface area contributed by atoms with Gasteiger partial charge >= 0.3 is 0 Å². The summed E-state index contributed by atoms with van der Waals surface area (Å²) in [4.78, 5) is 26.4. The van der Waals surface area contributed by atoms with Crippen LogP contribution in [0.4, 0.5) is 5.69 Å². The Hall–Kier alpha value is -2.54. The number of ether oxygens (including phenoxy) is 1. The molecule has 138 valence electrons. The van der Waals surface area contributed by atoms with Crippen LogP contribution in [0, 0.1) is 12.8 Å². The van der Waals surface area contributed by atoms with Crippen LogP contribution < -0.4 is 15.0 Å². The number of amides is 2. The van der Waals surface area contributed by atoms with Crippen molar-refractivity contribution < 1.29 is 14.3 Å². The number of aryl methyl sites for hydroxylation is 1. The van der Waals surface area contributed by atoms with Crippen LogP contribution >= 0.6 is 11.6 Å². The Morgan fingerprint density at radius 2 is 2.23 bits per heavy atom. The molecule has 3 rings (SSSR count). The molecule has 2 aromatic rings. The van der Waals surface area contributed by atoms with E-state index in [2.05, 4.69) is 10.4 Å². The zero-order valence-corrected chi connectivity index (χ0v) is 15.7. The zero-order valence-electron chi connectivity index (χ0n) is 15.0. The Morgan fingerprint density at radius 1 is 1.46 bits per heavy atom. The number of carbonyl (C=O) groups excluding carboxylic acids is 2. The molecule has 2 amide bonds. The van der Waals surface area contributed by atoms with E-state index in [-0.39, 0.29) is 24.2 Å². The number of hydrogen-bond donors (Lipinski definition) is 1. The fraction of sp³-hybridized carbons (Fsp3) is 0.389. The summed E-state index contributed by atoms with van der Waals surface area (Å²) in [5.41, 5.74) is 2.63. The average Bonchev–Trinajstić information content (AvgIpc) is 3.16. The third kappa shape index (κ3) is 3.53. The summed E-state index contributed by atoms with van der Waals surface area (Å²) in [7, 11) is 3.39. The van der Waals surface area contributed by atoms with Gasteiger partial charge in [-0.05, 0) is 25.1 Å². The molecule has 1 aromatic heterocycles. The first-order valence-corrected chi connectivity index (χ1v) is 8.67. The standard InChI is InChI=1S/C18H21ClN4O3/c1-11-13(9-21-22(11)2)8-20-18(25)12-6-17(24)23(10-12)14-4-5-16(26-3)15(19)7-14/h4-5,7,9,12H,6,8,10H2,1-3H3,(H,20,25)/t12-/m0/s1. The van der Waals surface area contributed by atoms with Gasteiger partial charge < -0.3 is 15.0 Å². The lowest BCUT2D eigenvalue weighted by Gasteiger charge is -2.17. The number of hydrogen-bond acceptors (Lipinski definition) is 4. The van der Waals surface area contributed by atoms with E-state index in [1.165, 1.54) is 7.11 Å². The number of anilines is 1. The largest absolute Gasteiger partial charge is 0.495 e. The van der Waals surface area contributed by atoms with Gasteiger partial charge in [-0.1, -0.05) is 11.6 Å². The lowest BCUT2D eigenvalue weighted by molar-refractivity contribution is -0.126. The van der Waals surface area contributed by atoms with Crippen molar-refractivity contribution in [2.24, 2.45) is 13.0 Å². The molecule has 7 nitrogen and oxygen atoms in total. The maximum atomic E-state index is 12.5. The van der Waals surface area contributed by atoms with Gasteiger partial charge in [0.2, 0.25) is 11.8 Å². The van der Waals surface area contributed by atoms with Crippen LogP contribution in [0.5, 0.6) is 5.75 Å². The Labute approximate surface area is 156 Å². The second kappa shape index (κ2) is 7.37. The van der Waals surface area contributed by atoms with Crippen LogP contribution in [0.1, 0.15) is 17.7 Å². The predicted molar refractivity (Wildman–Crippen MR) is 98.3 cm³/mol. The summed E-state index contributed by atoms with van der Waals surface area (Å²) in [6, 6.07) is 5.16. The summed E-state index contributed by atoms with van der Waals surface area (Å²) < 4.78 is 6.89. The van der Waals surface area contributed by atoms with Crippen LogP contribution in [-0.4, -0.2) is 35.2 Å². The van der Waals surface area contributed by atoms with Gasteiger partial charge in [-0.15, -0.1) is 0 Å². The maximum Gasteiger partial charge on any atom is 0.227 e. The van der Waals surface area contributed by atoms with Gasteiger partial charge in [0.25, 0.3) is 0 Å². The van der Waals surface area contributed by atoms with Gasteiger partial charge in [-0.25, -0.2) is 0 Å². The Kier molecular flexibility index (Phi) is 5.18. The number of benzene rings is 1. The molecule has 1 aliphatic heterocycles. The summed E-state index contributed by atoms with van der Waals surface area (Å²) in [5, 5.41) is 7.49. The monoisotopic (exact) mass is 376 g/mol. The highest BCUT2D eigenvalue weighted by atomic mass is 35.5. The summed E-state index contributed by atoms with van der Waals surface area (Å²) in [5.74, 6) is -0.0730. The molecular formula is C18H21ClN4O3. The Balaban J connectivity index is 1.64. The molecule has 0 bridgehead atoms. The SMILES string of the molecule is COc1ccc(N2C[C@@H](C(=O)NCc3cnn(C)c3C)CC2=O)cc1Cl. The molecule has 1 fully saturated rings. The number of nitrogens with one attached hydrogen (secondary N) is 1. The Morgan fingerprint density at radius 3 is 2.85 bits per heavy atom. The summed E-state index contributed by atoms with van der Waals surface area (Å²) >= 11 is 6.14. The lowest BCUT2D eigenvalue weighted by Crippen LogP contribution is -2.32. The molecule has 1 saturated heterocycles. The van der Waals surface area contributed by atoms with Crippen LogP contribution in [0.25, 0.3) is 0 Å². The van der Waals surface area contributed by atoms with Crippen molar-refractivity contribution in [2.45, 2.75) is 19.9 Å². The molecule has 0 unspecified atom stereocenters. The van der Waals surface area contributed by atoms with Gasteiger partial charge in [0.1, 0.15) is 5.75 Å². The highest BCUT2D eigenvalue weighted by Crippen LogP contribution is 2.32. The van der Waals surface area contributed by atoms with Crippen molar-refractivity contribution in [3.8, 4) is 5.75 Å². The minimum atomic E-state index is -0.389. The lowest BCUT2D eigenvalue weighted by atomic mass is 10.1. The number of carbonyl (C=O) groups is 2. The summed E-state index contributed by atoms with van der Waals surface area (Å²) in [6.07, 6.45) is 1.92. The number of nitrogens with zero attached hydrogens (tertiary/aromatic N) is 3. The third-order valence-corrected chi connectivity index (χ3v) is 5.03. The molecule has 0 spiro atoms. The van der Waals surface area contributed by atoms with Crippen LogP contribution in [-0.2, 0) is 23.2 Å². The van der Waals surface area contributed by atoms with E-state index in [4.69, 9.17) is 16.3 Å². The first kappa shape index (κ1) is 18.3. The average molecular weight is 377 g/mol. The first-order valence-electron chi connectivity index (χ1n) is 8.29. The maximum absolute atomic E-state index is 12.5. The number of methoxy groups -OCH3 is 1. The number of rotatable bonds is 5. The van der Waals surface area contributed by atoms with E-state index in [0.717, 1.165) is 11.3 Å². The van der Waals surface area contributed by atoms with Crippen molar-refractivity contribution in [1.82, 2.24) is 15.1 Å². The fourth-order valence-electron chi connectivity index (χ4n) is 3.00. The van der Waals surface area contributed by atoms with Crippen LogP contribution in [0.2, 0.25) is 5.02 Å². The summed E-state index contributed by atoms with van der Waals surface area (Å²) in [6.45, 7) is 2.68. The molecule has 1 aromatic carbocycles. The van der Waals surface area contributed by atoms with Crippen molar-refractivity contribution >= 4 is 29.1 Å². The van der Waals surface area contributed by atoms with Crippen molar-refractivity contribution in [3.63, 3.8) is 0 Å². The Bertz CT molecular complexity index is 849. The van der Waals surface area contributed by atoms with Gasteiger partial charge in [-0.2, -0.15) is 5.10 Å². The zero-order chi connectivity index (χ0) is 18.8. The molecule has 26 heavy (non-hydrogen) atoms. The van der Waals surface area contributed by atoms with E-state index in [0.29, 0.717) is 29.5 Å². The molecule has 1 atom stereocenters. The highest BCUT2D eigenvalue weighted by molar-refractivity contribution is 6.32. The van der Waals surface area contributed by atoms with Gasteiger partial charge in [0.15, 0.2) is 0 Å². The molecule has 8 heteroatoms. The molecule has 1 N–H and O–H groups in total. The minimum absolute atomic E-state index is 0.0936. The first-order chi connectivity index (χ1) is 12.4. The van der Waals surface area contributed by atoms with Gasteiger partial charge in [0.05, 0.1) is 24.2 Å². The van der Waals surface area contributed by atoms with Crippen molar-refractivity contribution in [2.75, 3.05) is 18.6 Å². The van der Waals surface area contributed by atoms with E-state index in [1.54, 1.807) is 34.0 Å². The molecule has 0 radical (unpaired) electrons. The normalized spacial score (nSPS) is 16.8. The van der Waals surface area contributed by atoms with Gasteiger partial charge in [-0.3, -0.25) is 14.3 Å². The van der Waals surface area contributed by atoms with E-state index < -0.39 is 0 Å². The number of halogens is 1. The molecular weight excluding hydrogens is 356 g/mol. The minimum Gasteiger partial charge on any atom is -0.495 e. The molecule has 0 saturated carbocycles. The van der Waals surface area contributed by atoms with Gasteiger partial charge in [0, 0.05) is 43.5 Å². The molecule has 1 aliphatic rings. The quantitative estimate of drug-likeness (QED) is 0.866. The van der Waals surface area contributed by atoms with E-state index in [9.17, 15) is 9.59 Å². The highest BCUT2D eigenvalue weighted by Gasteiger charge is 2.35.